The zero-order chi connectivity index (χ0) is 18.5. The first-order valence-corrected chi connectivity index (χ1v) is 8.13. The summed E-state index contributed by atoms with van der Waals surface area (Å²) in [6.45, 7) is -2.07. The lowest BCUT2D eigenvalue weighted by Crippen LogP contribution is -2.32. The number of nitrogens with one attached hydrogen (secondary N) is 1. The van der Waals surface area contributed by atoms with Gasteiger partial charge in [-0.2, -0.15) is 8.78 Å². The number of hydrogen-bond donors (Lipinski definition) is 1. The van der Waals surface area contributed by atoms with Crippen molar-refractivity contribution in [3.63, 3.8) is 0 Å². The lowest BCUT2D eigenvalue weighted by Gasteiger charge is -2.15. The maximum atomic E-state index is 12.3. The van der Waals surface area contributed by atoms with Gasteiger partial charge in [0, 0.05) is 19.5 Å². The molecule has 0 spiro atoms. The third-order valence-electron chi connectivity index (χ3n) is 4.10. The van der Waals surface area contributed by atoms with E-state index in [-0.39, 0.29) is 30.5 Å². The maximum absolute atomic E-state index is 12.3. The molecule has 138 valence electrons. The molecule has 1 aromatic heterocycles. The minimum absolute atomic E-state index is 0.0346. The van der Waals surface area contributed by atoms with Crippen molar-refractivity contribution in [2.45, 2.75) is 26.1 Å². The van der Waals surface area contributed by atoms with E-state index in [0.29, 0.717) is 24.4 Å². The summed E-state index contributed by atoms with van der Waals surface area (Å²) in [5, 5.41) is 2.74. The summed E-state index contributed by atoms with van der Waals surface area (Å²) in [5.41, 5.74) is 0.633. The predicted octanol–water partition coefficient (Wildman–Crippen LogP) is 2.55. The summed E-state index contributed by atoms with van der Waals surface area (Å²) in [5.74, 6) is -0.102. The van der Waals surface area contributed by atoms with Crippen LogP contribution in [0.4, 0.5) is 8.78 Å². The number of benzene rings is 1. The molecule has 0 unspecified atom stereocenters. The Balaban J connectivity index is 1.51. The van der Waals surface area contributed by atoms with E-state index in [9.17, 15) is 18.4 Å². The predicted molar refractivity (Wildman–Crippen MR) is 87.2 cm³/mol. The number of halogens is 2. The van der Waals surface area contributed by atoms with E-state index in [0.717, 1.165) is 0 Å². The first-order chi connectivity index (χ1) is 12.5. The molecular weight excluding hydrogens is 346 g/mol. The van der Waals surface area contributed by atoms with E-state index in [1.54, 1.807) is 29.2 Å². The fourth-order valence-corrected chi connectivity index (χ4v) is 2.86. The minimum Gasteiger partial charge on any atom is -0.467 e. The summed E-state index contributed by atoms with van der Waals surface area (Å²) in [4.78, 5) is 25.9. The molecule has 1 fully saturated rings. The fraction of sp³-hybridized carbons (Fsp3) is 0.333. The average Bonchev–Trinajstić information content (AvgIpc) is 3.23. The van der Waals surface area contributed by atoms with Crippen molar-refractivity contribution >= 4 is 11.8 Å². The van der Waals surface area contributed by atoms with Gasteiger partial charge in [-0.05, 0) is 29.8 Å². The Bertz CT molecular complexity index is 764. The van der Waals surface area contributed by atoms with Gasteiger partial charge in [-0.1, -0.05) is 12.1 Å². The molecule has 2 amide bonds. The Morgan fingerprint density at radius 2 is 2.19 bits per heavy atom. The highest BCUT2D eigenvalue weighted by Crippen LogP contribution is 2.21. The van der Waals surface area contributed by atoms with Crippen LogP contribution >= 0.6 is 0 Å². The molecule has 2 heterocycles. The lowest BCUT2D eigenvalue weighted by molar-refractivity contribution is -0.129. The highest BCUT2D eigenvalue weighted by Gasteiger charge is 2.34. The Labute approximate surface area is 148 Å². The molecule has 8 heteroatoms. The highest BCUT2D eigenvalue weighted by atomic mass is 19.3. The van der Waals surface area contributed by atoms with Crippen molar-refractivity contribution in [1.29, 1.82) is 0 Å². The molecule has 2 aromatic rings. The molecule has 26 heavy (non-hydrogen) atoms. The molecule has 1 saturated heterocycles. The van der Waals surface area contributed by atoms with E-state index in [4.69, 9.17) is 4.42 Å². The summed E-state index contributed by atoms with van der Waals surface area (Å²) in [6, 6.07) is 9.64. The smallest absolute Gasteiger partial charge is 0.387 e. The van der Waals surface area contributed by atoms with E-state index in [1.165, 1.54) is 18.4 Å². The fourth-order valence-electron chi connectivity index (χ4n) is 2.86. The third-order valence-corrected chi connectivity index (χ3v) is 4.10. The van der Waals surface area contributed by atoms with Crippen LogP contribution in [0.15, 0.2) is 47.1 Å². The molecule has 1 aliphatic rings. The van der Waals surface area contributed by atoms with Crippen molar-refractivity contribution in [2.75, 3.05) is 6.54 Å². The Hall–Kier alpha value is -2.90. The number of nitrogens with zero attached hydrogens (tertiary/aromatic N) is 1. The quantitative estimate of drug-likeness (QED) is 0.820. The maximum Gasteiger partial charge on any atom is 0.387 e. The summed E-state index contributed by atoms with van der Waals surface area (Å²) < 4.78 is 34.0. The molecule has 1 N–H and O–H groups in total. The molecule has 0 saturated carbocycles. The van der Waals surface area contributed by atoms with Crippen LogP contribution in [0.2, 0.25) is 0 Å². The summed E-state index contributed by atoms with van der Waals surface area (Å²) in [7, 11) is 0. The third kappa shape index (κ3) is 4.59. The highest BCUT2D eigenvalue weighted by molar-refractivity contribution is 5.89. The zero-order valence-corrected chi connectivity index (χ0v) is 13.9. The lowest BCUT2D eigenvalue weighted by atomic mass is 10.1. The number of ether oxygens (including phenoxy) is 1. The number of carbonyl (C=O) groups is 2. The first-order valence-electron chi connectivity index (χ1n) is 8.13. The number of likely N-dealkylation sites (tertiary alicyclic amines) is 1. The van der Waals surface area contributed by atoms with Crippen LogP contribution in [0, 0.1) is 5.92 Å². The van der Waals surface area contributed by atoms with E-state index in [2.05, 4.69) is 10.1 Å². The number of hydrogen-bond acceptors (Lipinski definition) is 4. The van der Waals surface area contributed by atoms with Gasteiger partial charge in [-0.15, -0.1) is 0 Å². The van der Waals surface area contributed by atoms with E-state index >= 15 is 0 Å². The van der Waals surface area contributed by atoms with Crippen molar-refractivity contribution in [3.8, 4) is 5.75 Å². The zero-order valence-electron chi connectivity index (χ0n) is 13.9. The summed E-state index contributed by atoms with van der Waals surface area (Å²) >= 11 is 0. The Kier molecular flexibility index (Phi) is 5.50. The van der Waals surface area contributed by atoms with Gasteiger partial charge < -0.3 is 19.4 Å². The second-order valence-corrected chi connectivity index (χ2v) is 6.00. The minimum atomic E-state index is -2.90. The van der Waals surface area contributed by atoms with Gasteiger partial charge in [-0.25, -0.2) is 0 Å². The molecule has 0 aliphatic carbocycles. The van der Waals surface area contributed by atoms with Crippen molar-refractivity contribution in [2.24, 2.45) is 5.92 Å². The number of carbonyl (C=O) groups excluding carboxylic acids is 2. The van der Waals surface area contributed by atoms with Gasteiger partial charge in [-0.3, -0.25) is 9.59 Å². The monoisotopic (exact) mass is 364 g/mol. The SMILES string of the molecule is O=C(NCc1cccc(OC(F)F)c1)[C@H]1CC(=O)N(Cc2ccco2)C1. The van der Waals surface area contributed by atoms with Gasteiger partial charge in [0.25, 0.3) is 0 Å². The van der Waals surface area contributed by atoms with Crippen molar-refractivity contribution in [3.05, 3.63) is 54.0 Å². The normalized spacial score (nSPS) is 17.0. The first kappa shape index (κ1) is 17.9. The van der Waals surface area contributed by atoms with Gasteiger partial charge in [0.05, 0.1) is 18.7 Å². The second-order valence-electron chi connectivity index (χ2n) is 6.00. The molecule has 3 rings (SSSR count). The van der Waals surface area contributed by atoms with Gasteiger partial charge >= 0.3 is 6.61 Å². The standard InChI is InChI=1S/C18H18F2N2O4/c19-18(20)26-14-4-1-3-12(7-14)9-21-17(24)13-8-16(23)22(10-13)11-15-5-2-6-25-15/h1-7,13,18H,8-11H2,(H,21,24)/t13-/m0/s1. The van der Waals surface area contributed by atoms with Crippen LogP contribution < -0.4 is 10.1 Å². The van der Waals surface area contributed by atoms with Crippen LogP contribution in [0.5, 0.6) is 5.75 Å². The molecular formula is C18H18F2N2O4. The largest absolute Gasteiger partial charge is 0.467 e. The van der Waals surface area contributed by atoms with Crippen LogP contribution in [-0.4, -0.2) is 29.9 Å². The van der Waals surface area contributed by atoms with Gasteiger partial charge in [0.2, 0.25) is 11.8 Å². The van der Waals surface area contributed by atoms with Crippen LogP contribution in [0.3, 0.4) is 0 Å². The molecule has 1 atom stereocenters. The molecule has 0 radical (unpaired) electrons. The average molecular weight is 364 g/mol. The van der Waals surface area contributed by atoms with E-state index < -0.39 is 12.5 Å². The molecule has 1 aliphatic heterocycles. The van der Waals surface area contributed by atoms with Crippen LogP contribution in [0.25, 0.3) is 0 Å². The molecule has 6 nitrogen and oxygen atoms in total. The van der Waals surface area contributed by atoms with Crippen molar-refractivity contribution < 1.29 is 27.5 Å². The van der Waals surface area contributed by atoms with Crippen LogP contribution in [-0.2, 0) is 22.7 Å². The van der Waals surface area contributed by atoms with Crippen molar-refractivity contribution in [1.82, 2.24) is 10.2 Å². The molecule has 1 aromatic carbocycles. The number of alkyl halides is 2. The summed E-state index contributed by atoms with van der Waals surface area (Å²) in [6.07, 6.45) is 1.67. The number of rotatable bonds is 7. The number of furan rings is 1. The Morgan fingerprint density at radius 3 is 2.92 bits per heavy atom. The van der Waals surface area contributed by atoms with Crippen LogP contribution in [0.1, 0.15) is 17.7 Å². The van der Waals surface area contributed by atoms with Gasteiger partial charge in [0.15, 0.2) is 0 Å². The topological polar surface area (TPSA) is 71.8 Å². The Morgan fingerprint density at radius 1 is 1.35 bits per heavy atom. The number of amides is 2. The molecule has 0 bridgehead atoms. The van der Waals surface area contributed by atoms with E-state index in [1.807, 2.05) is 0 Å². The van der Waals surface area contributed by atoms with Gasteiger partial charge in [0.1, 0.15) is 11.5 Å². The second kappa shape index (κ2) is 7.99.